The fourth-order valence-corrected chi connectivity index (χ4v) is 2.52. The van der Waals surface area contributed by atoms with Gasteiger partial charge in [-0.3, -0.25) is 4.79 Å². The number of aromatic nitrogens is 2. The van der Waals surface area contributed by atoms with Crippen molar-refractivity contribution in [3.8, 4) is 11.8 Å². The lowest BCUT2D eigenvalue weighted by molar-refractivity contribution is 0.0524. The summed E-state index contributed by atoms with van der Waals surface area (Å²) >= 11 is 0. The molecule has 124 valence electrons. The molecule has 7 nitrogen and oxygen atoms in total. The van der Waals surface area contributed by atoms with Crippen molar-refractivity contribution in [1.82, 2.24) is 14.9 Å². The highest BCUT2D eigenvalue weighted by Crippen LogP contribution is 2.27. The van der Waals surface area contributed by atoms with Crippen LogP contribution in [0.2, 0.25) is 0 Å². The van der Waals surface area contributed by atoms with Crippen LogP contribution in [0.1, 0.15) is 38.9 Å². The average molecular weight is 327 g/mol. The molecule has 0 saturated carbocycles. The quantitative estimate of drug-likeness (QED) is 0.802. The molecule has 0 bridgehead atoms. The van der Waals surface area contributed by atoms with Gasteiger partial charge in [0.05, 0.1) is 17.9 Å². The third kappa shape index (κ3) is 2.92. The van der Waals surface area contributed by atoms with Crippen LogP contribution in [0.3, 0.4) is 0 Å². The standard InChI is InChI=1S/C17H17N3O4/c1-4-23-16(22)14-8-18-17(19-10(14)2)24-12-5-6-13-11(7-12)9-20(3)15(13)21/h5-8H,4,9H2,1-3H3. The van der Waals surface area contributed by atoms with E-state index in [1.165, 1.54) is 6.20 Å². The highest BCUT2D eigenvalue weighted by atomic mass is 16.5. The van der Waals surface area contributed by atoms with Gasteiger partial charge >= 0.3 is 12.0 Å². The minimum atomic E-state index is -0.458. The third-order valence-corrected chi connectivity index (χ3v) is 3.72. The molecule has 7 heteroatoms. The van der Waals surface area contributed by atoms with Crippen LogP contribution in [-0.2, 0) is 11.3 Å². The van der Waals surface area contributed by atoms with Gasteiger partial charge in [0, 0.05) is 25.4 Å². The summed E-state index contributed by atoms with van der Waals surface area (Å²) in [5, 5.41) is 0. The predicted octanol–water partition coefficient (Wildman–Crippen LogP) is 2.34. The maximum Gasteiger partial charge on any atom is 0.341 e. The number of carbonyl (C=O) groups excluding carboxylic acids is 2. The summed E-state index contributed by atoms with van der Waals surface area (Å²) in [7, 11) is 1.75. The summed E-state index contributed by atoms with van der Waals surface area (Å²) in [4.78, 5) is 33.5. The number of esters is 1. The minimum Gasteiger partial charge on any atom is -0.462 e. The second-order valence-corrected chi connectivity index (χ2v) is 5.45. The molecule has 1 aromatic heterocycles. The van der Waals surface area contributed by atoms with Crippen molar-refractivity contribution >= 4 is 11.9 Å². The topological polar surface area (TPSA) is 81.6 Å². The van der Waals surface area contributed by atoms with Crippen LogP contribution in [0.25, 0.3) is 0 Å². The Kier molecular flexibility index (Phi) is 4.16. The first kappa shape index (κ1) is 15.9. The Balaban J connectivity index is 1.80. The Morgan fingerprint density at radius 2 is 2.17 bits per heavy atom. The number of hydrogen-bond donors (Lipinski definition) is 0. The number of nitrogens with zero attached hydrogens (tertiary/aromatic N) is 3. The van der Waals surface area contributed by atoms with E-state index in [2.05, 4.69) is 9.97 Å². The maximum atomic E-state index is 11.9. The second-order valence-electron chi connectivity index (χ2n) is 5.45. The first-order valence-electron chi connectivity index (χ1n) is 7.56. The molecule has 2 heterocycles. The van der Waals surface area contributed by atoms with Gasteiger partial charge in [0.2, 0.25) is 0 Å². The van der Waals surface area contributed by atoms with Crippen LogP contribution in [0.15, 0.2) is 24.4 Å². The number of amides is 1. The summed E-state index contributed by atoms with van der Waals surface area (Å²) in [6.45, 7) is 4.27. The summed E-state index contributed by atoms with van der Waals surface area (Å²) in [5.74, 6) is 0.0863. The van der Waals surface area contributed by atoms with Gasteiger partial charge in [-0.25, -0.2) is 9.78 Å². The monoisotopic (exact) mass is 327 g/mol. The lowest BCUT2D eigenvalue weighted by atomic mass is 10.1. The van der Waals surface area contributed by atoms with Crippen molar-refractivity contribution in [3.05, 3.63) is 46.8 Å². The Labute approximate surface area is 139 Å². The molecule has 0 atom stereocenters. The molecule has 1 amide bonds. The Morgan fingerprint density at radius 1 is 1.38 bits per heavy atom. The molecule has 24 heavy (non-hydrogen) atoms. The number of fused-ring (bicyclic) bond motifs is 1. The van der Waals surface area contributed by atoms with Gasteiger partial charge < -0.3 is 14.4 Å². The first-order valence-corrected chi connectivity index (χ1v) is 7.56. The van der Waals surface area contributed by atoms with Gasteiger partial charge in [0.1, 0.15) is 5.75 Å². The number of rotatable bonds is 4. The number of benzene rings is 1. The Morgan fingerprint density at radius 3 is 2.88 bits per heavy atom. The molecule has 0 unspecified atom stereocenters. The van der Waals surface area contributed by atoms with E-state index >= 15 is 0 Å². The molecule has 3 rings (SSSR count). The summed E-state index contributed by atoms with van der Waals surface area (Å²) < 4.78 is 10.6. The third-order valence-electron chi connectivity index (χ3n) is 3.72. The summed E-state index contributed by atoms with van der Waals surface area (Å²) in [5.41, 5.74) is 2.37. The molecule has 0 N–H and O–H groups in total. The van der Waals surface area contributed by atoms with Crippen molar-refractivity contribution in [2.45, 2.75) is 20.4 Å². The number of aryl methyl sites for hydroxylation is 1. The lowest BCUT2D eigenvalue weighted by Gasteiger charge is -2.08. The molecular formula is C17H17N3O4. The van der Waals surface area contributed by atoms with Crippen LogP contribution < -0.4 is 4.74 Å². The van der Waals surface area contributed by atoms with Crippen molar-refractivity contribution in [2.24, 2.45) is 0 Å². The Bertz CT molecular complexity index is 819. The SMILES string of the molecule is CCOC(=O)c1cnc(Oc2ccc3c(c2)CN(C)C3=O)nc1C. The van der Waals surface area contributed by atoms with E-state index in [4.69, 9.17) is 9.47 Å². The molecular weight excluding hydrogens is 310 g/mol. The smallest absolute Gasteiger partial charge is 0.341 e. The van der Waals surface area contributed by atoms with Crippen molar-refractivity contribution in [3.63, 3.8) is 0 Å². The van der Waals surface area contributed by atoms with Crippen molar-refractivity contribution in [2.75, 3.05) is 13.7 Å². The average Bonchev–Trinajstić information content (AvgIpc) is 2.82. The number of carbonyl (C=O) groups is 2. The second kappa shape index (κ2) is 6.27. The van der Waals surface area contributed by atoms with Crippen LogP contribution in [-0.4, -0.2) is 40.4 Å². The van der Waals surface area contributed by atoms with Crippen LogP contribution in [0.5, 0.6) is 11.8 Å². The zero-order chi connectivity index (χ0) is 17.3. The summed E-state index contributed by atoms with van der Waals surface area (Å²) in [6, 6.07) is 5.37. The van der Waals surface area contributed by atoms with E-state index in [0.717, 1.165) is 5.56 Å². The predicted molar refractivity (Wildman–Crippen MR) is 85.0 cm³/mol. The summed E-state index contributed by atoms with van der Waals surface area (Å²) in [6.07, 6.45) is 1.39. The maximum absolute atomic E-state index is 11.9. The lowest BCUT2D eigenvalue weighted by Crippen LogP contribution is -2.17. The van der Waals surface area contributed by atoms with Gasteiger partial charge in [-0.15, -0.1) is 0 Å². The largest absolute Gasteiger partial charge is 0.462 e. The van der Waals surface area contributed by atoms with Crippen molar-refractivity contribution < 1.29 is 19.1 Å². The van der Waals surface area contributed by atoms with E-state index in [1.807, 2.05) is 0 Å². The van der Waals surface area contributed by atoms with Crippen LogP contribution in [0, 0.1) is 6.92 Å². The normalized spacial score (nSPS) is 13.0. The number of ether oxygens (including phenoxy) is 2. The molecule has 0 spiro atoms. The molecule has 1 aliphatic heterocycles. The van der Waals surface area contributed by atoms with Crippen LogP contribution >= 0.6 is 0 Å². The molecule has 0 saturated heterocycles. The highest BCUT2D eigenvalue weighted by molar-refractivity contribution is 5.98. The molecule has 0 radical (unpaired) electrons. The van der Waals surface area contributed by atoms with Gasteiger partial charge in [0.25, 0.3) is 5.91 Å². The van der Waals surface area contributed by atoms with E-state index in [1.54, 1.807) is 44.0 Å². The zero-order valence-corrected chi connectivity index (χ0v) is 13.7. The Hall–Kier alpha value is -2.96. The van der Waals surface area contributed by atoms with Gasteiger partial charge in [-0.05, 0) is 37.6 Å². The van der Waals surface area contributed by atoms with E-state index in [0.29, 0.717) is 35.7 Å². The van der Waals surface area contributed by atoms with Gasteiger partial charge in [0.15, 0.2) is 0 Å². The zero-order valence-electron chi connectivity index (χ0n) is 13.7. The van der Waals surface area contributed by atoms with Crippen molar-refractivity contribution in [1.29, 1.82) is 0 Å². The van der Waals surface area contributed by atoms with E-state index in [-0.39, 0.29) is 11.9 Å². The molecule has 0 aliphatic carbocycles. The molecule has 1 aromatic carbocycles. The molecule has 2 aromatic rings. The minimum absolute atomic E-state index is 0.00225. The molecule has 0 fully saturated rings. The molecule has 1 aliphatic rings. The van der Waals surface area contributed by atoms with Gasteiger partial charge in [-0.2, -0.15) is 4.98 Å². The highest BCUT2D eigenvalue weighted by Gasteiger charge is 2.24. The number of hydrogen-bond acceptors (Lipinski definition) is 6. The fraction of sp³-hybridized carbons (Fsp3) is 0.294. The van der Waals surface area contributed by atoms with E-state index in [9.17, 15) is 9.59 Å². The van der Waals surface area contributed by atoms with Gasteiger partial charge in [-0.1, -0.05) is 0 Å². The van der Waals surface area contributed by atoms with Crippen LogP contribution in [0.4, 0.5) is 0 Å². The van der Waals surface area contributed by atoms with E-state index < -0.39 is 5.97 Å². The fourth-order valence-electron chi connectivity index (χ4n) is 2.52. The first-order chi connectivity index (χ1) is 11.5.